The van der Waals surface area contributed by atoms with Crippen molar-refractivity contribution >= 4 is 12.6 Å². The molecule has 0 aliphatic carbocycles. The highest BCUT2D eigenvalue weighted by molar-refractivity contribution is 6.62. The summed E-state index contributed by atoms with van der Waals surface area (Å²) < 4.78 is 23.2. The van der Waals surface area contributed by atoms with Crippen LogP contribution in [-0.4, -0.2) is 32.0 Å². The Morgan fingerprint density at radius 3 is 1.93 bits per heavy atom. The molecule has 5 heteroatoms. The molecule has 3 rings (SSSR count). The Hall–Kier alpha value is -1.82. The minimum atomic E-state index is -0.329. The van der Waals surface area contributed by atoms with Gasteiger partial charge in [0.2, 0.25) is 0 Å². The van der Waals surface area contributed by atoms with Gasteiger partial charge in [-0.05, 0) is 62.8 Å². The molecule has 1 heterocycles. The topological polar surface area (TPSA) is 36.9 Å². The van der Waals surface area contributed by atoms with Crippen molar-refractivity contribution in [3.63, 3.8) is 0 Å². The Morgan fingerprint density at radius 1 is 0.815 bits per heavy atom. The number of hydrogen-bond donors (Lipinski definition) is 0. The monoisotopic (exact) mass is 368 g/mol. The molecule has 0 saturated carbocycles. The van der Waals surface area contributed by atoms with Gasteiger partial charge < -0.3 is 18.8 Å². The van der Waals surface area contributed by atoms with Crippen molar-refractivity contribution in [2.75, 3.05) is 13.7 Å². The third kappa shape index (κ3) is 4.73. The fraction of sp³-hybridized carbons (Fsp3) is 0.455. The smallest absolute Gasteiger partial charge is 0.489 e. The molecule has 0 unspecified atom stereocenters. The van der Waals surface area contributed by atoms with Gasteiger partial charge in [-0.1, -0.05) is 36.4 Å². The summed E-state index contributed by atoms with van der Waals surface area (Å²) in [5, 5.41) is 0. The molecule has 0 aromatic heterocycles. The van der Waals surface area contributed by atoms with Crippen LogP contribution < -0.4 is 10.2 Å². The molecule has 0 atom stereocenters. The largest absolute Gasteiger partial charge is 0.494 e. The molecular formula is C22H29BO4. The van der Waals surface area contributed by atoms with Crippen molar-refractivity contribution in [2.45, 2.75) is 51.9 Å². The fourth-order valence-electron chi connectivity index (χ4n) is 2.89. The summed E-state index contributed by atoms with van der Waals surface area (Å²) in [4.78, 5) is 0. The van der Waals surface area contributed by atoms with E-state index in [1.165, 1.54) is 5.56 Å². The molecule has 0 bridgehead atoms. The highest BCUT2D eigenvalue weighted by Crippen LogP contribution is 2.36. The van der Waals surface area contributed by atoms with Crippen LogP contribution in [0.5, 0.6) is 5.75 Å². The van der Waals surface area contributed by atoms with Gasteiger partial charge in [-0.15, -0.1) is 0 Å². The summed E-state index contributed by atoms with van der Waals surface area (Å²) in [5.74, 6) is 0.867. The molecule has 4 nitrogen and oxygen atoms in total. The van der Waals surface area contributed by atoms with Crippen molar-refractivity contribution in [1.29, 1.82) is 0 Å². The van der Waals surface area contributed by atoms with Gasteiger partial charge in [0.15, 0.2) is 0 Å². The van der Waals surface area contributed by atoms with Gasteiger partial charge in [0.05, 0.1) is 17.8 Å². The first kappa shape index (κ1) is 19.9. The molecule has 144 valence electrons. The highest BCUT2D eigenvalue weighted by atomic mass is 16.7. The van der Waals surface area contributed by atoms with Gasteiger partial charge >= 0.3 is 7.12 Å². The van der Waals surface area contributed by atoms with Crippen LogP contribution in [-0.2, 0) is 27.1 Å². The molecule has 0 N–H and O–H groups in total. The van der Waals surface area contributed by atoms with E-state index in [0.717, 1.165) is 29.8 Å². The summed E-state index contributed by atoms with van der Waals surface area (Å²) in [6.45, 7) is 9.52. The van der Waals surface area contributed by atoms with E-state index in [0.29, 0.717) is 6.61 Å². The average Bonchev–Trinajstić information content (AvgIpc) is 2.87. The molecule has 2 aromatic rings. The van der Waals surface area contributed by atoms with E-state index in [1.807, 2.05) is 12.1 Å². The van der Waals surface area contributed by atoms with E-state index in [4.69, 9.17) is 18.8 Å². The minimum absolute atomic E-state index is 0.325. The summed E-state index contributed by atoms with van der Waals surface area (Å²) in [5.41, 5.74) is 2.73. The standard InChI is InChI=1S/C22H29BO4/c1-21(2)22(3,4)27-23(26-21)19-10-6-18(7-11-19)16-25-20-12-8-17(9-13-20)14-15-24-5/h6-13H,14-16H2,1-5H3. The van der Waals surface area contributed by atoms with Crippen molar-refractivity contribution in [3.05, 3.63) is 59.7 Å². The summed E-state index contributed by atoms with van der Waals surface area (Å²) in [7, 11) is 1.39. The van der Waals surface area contributed by atoms with E-state index in [1.54, 1.807) is 7.11 Å². The van der Waals surface area contributed by atoms with E-state index in [9.17, 15) is 0 Å². The Kier molecular flexibility index (Phi) is 5.94. The average molecular weight is 368 g/mol. The summed E-state index contributed by atoms with van der Waals surface area (Å²) >= 11 is 0. The molecular weight excluding hydrogens is 339 g/mol. The lowest BCUT2D eigenvalue weighted by Crippen LogP contribution is -2.41. The van der Waals surface area contributed by atoms with Crippen LogP contribution >= 0.6 is 0 Å². The first-order valence-corrected chi connectivity index (χ1v) is 9.46. The molecule has 27 heavy (non-hydrogen) atoms. The molecule has 1 saturated heterocycles. The van der Waals surface area contributed by atoms with Crippen LogP contribution in [0.25, 0.3) is 0 Å². The maximum Gasteiger partial charge on any atom is 0.494 e. The van der Waals surface area contributed by atoms with E-state index in [2.05, 4.69) is 64.1 Å². The van der Waals surface area contributed by atoms with Crippen molar-refractivity contribution in [3.8, 4) is 5.75 Å². The third-order valence-electron chi connectivity index (χ3n) is 5.43. The molecule has 0 amide bonds. The lowest BCUT2D eigenvalue weighted by molar-refractivity contribution is 0.00578. The van der Waals surface area contributed by atoms with Crippen LogP contribution in [0.4, 0.5) is 0 Å². The first-order chi connectivity index (χ1) is 12.8. The summed E-state index contributed by atoms with van der Waals surface area (Å²) in [6, 6.07) is 16.4. The van der Waals surface area contributed by atoms with Crippen LogP contribution in [0.2, 0.25) is 0 Å². The Balaban J connectivity index is 1.55. The Labute approximate surface area is 162 Å². The number of methoxy groups -OCH3 is 1. The summed E-state index contributed by atoms with van der Waals surface area (Å²) in [6.07, 6.45) is 0.914. The fourth-order valence-corrected chi connectivity index (χ4v) is 2.89. The highest BCUT2D eigenvalue weighted by Gasteiger charge is 2.51. The van der Waals surface area contributed by atoms with Gasteiger partial charge in [0.1, 0.15) is 12.4 Å². The maximum atomic E-state index is 6.10. The van der Waals surface area contributed by atoms with E-state index in [-0.39, 0.29) is 18.3 Å². The van der Waals surface area contributed by atoms with Crippen LogP contribution in [0.1, 0.15) is 38.8 Å². The van der Waals surface area contributed by atoms with Gasteiger partial charge in [0, 0.05) is 7.11 Å². The molecule has 1 aliphatic heterocycles. The molecule has 1 fully saturated rings. The molecule has 0 spiro atoms. The number of hydrogen-bond acceptors (Lipinski definition) is 4. The zero-order chi connectivity index (χ0) is 19.5. The number of benzene rings is 2. The zero-order valence-corrected chi connectivity index (χ0v) is 17.0. The van der Waals surface area contributed by atoms with E-state index < -0.39 is 0 Å². The van der Waals surface area contributed by atoms with Crippen molar-refractivity contribution < 1.29 is 18.8 Å². The van der Waals surface area contributed by atoms with Crippen molar-refractivity contribution in [2.24, 2.45) is 0 Å². The van der Waals surface area contributed by atoms with Crippen molar-refractivity contribution in [1.82, 2.24) is 0 Å². The van der Waals surface area contributed by atoms with E-state index >= 15 is 0 Å². The predicted molar refractivity (Wildman–Crippen MR) is 109 cm³/mol. The number of rotatable bonds is 7. The van der Waals surface area contributed by atoms with Gasteiger partial charge in [-0.3, -0.25) is 0 Å². The maximum absolute atomic E-state index is 6.10. The second-order valence-corrected chi connectivity index (χ2v) is 8.01. The lowest BCUT2D eigenvalue weighted by atomic mass is 9.79. The molecule has 0 radical (unpaired) electrons. The van der Waals surface area contributed by atoms with Gasteiger partial charge in [0.25, 0.3) is 0 Å². The van der Waals surface area contributed by atoms with Crippen LogP contribution in [0.15, 0.2) is 48.5 Å². The Morgan fingerprint density at radius 2 is 1.37 bits per heavy atom. The van der Waals surface area contributed by atoms with Gasteiger partial charge in [-0.25, -0.2) is 0 Å². The van der Waals surface area contributed by atoms with Gasteiger partial charge in [-0.2, -0.15) is 0 Å². The van der Waals surface area contributed by atoms with Crippen LogP contribution in [0, 0.1) is 0 Å². The SMILES string of the molecule is COCCc1ccc(OCc2ccc(B3OC(C)(C)C(C)(C)O3)cc2)cc1. The predicted octanol–water partition coefficient (Wildman–Crippen LogP) is 3.75. The molecule has 1 aliphatic rings. The quantitative estimate of drug-likeness (QED) is 0.698. The lowest BCUT2D eigenvalue weighted by Gasteiger charge is -2.32. The second-order valence-electron chi connectivity index (χ2n) is 8.01. The normalized spacial score (nSPS) is 17.9. The molecule has 2 aromatic carbocycles. The first-order valence-electron chi connectivity index (χ1n) is 9.46. The van der Waals surface area contributed by atoms with Crippen LogP contribution in [0.3, 0.4) is 0 Å². The number of ether oxygens (including phenoxy) is 2. The third-order valence-corrected chi connectivity index (χ3v) is 5.43. The Bertz CT molecular complexity index is 722. The second kappa shape index (κ2) is 8.05. The minimum Gasteiger partial charge on any atom is -0.489 e. The zero-order valence-electron chi connectivity index (χ0n) is 17.0.